The summed E-state index contributed by atoms with van der Waals surface area (Å²) in [5.41, 5.74) is 0. The van der Waals surface area contributed by atoms with Crippen molar-refractivity contribution in [3.8, 4) is 0 Å². The number of fused-ring (bicyclic) bond motifs is 4. The van der Waals surface area contributed by atoms with Gasteiger partial charge in [0.15, 0.2) is 0 Å². The zero-order chi connectivity index (χ0) is 10.2. The van der Waals surface area contributed by atoms with E-state index in [0.717, 1.165) is 47.6 Å². The standard InChI is InChI=1S/C13H23N/c1-6-7(2)11-10(6)12-8(3)9(4)14(5)13(11)12/h6-13H,1-5H3/t6-,7+,8+,9-,10-,11+,12-,13?/m0/s1. The first kappa shape index (κ1) is 9.21. The number of rotatable bonds is 0. The third kappa shape index (κ3) is 0.743. The van der Waals surface area contributed by atoms with Crippen molar-refractivity contribution in [1.82, 2.24) is 4.90 Å². The smallest absolute Gasteiger partial charge is 0.0163 e. The lowest BCUT2D eigenvalue weighted by Crippen LogP contribution is -2.67. The molecule has 80 valence electrons. The zero-order valence-corrected chi connectivity index (χ0v) is 10.1. The number of likely N-dealkylation sites (tertiary alicyclic amines) is 1. The molecular formula is C13H23N. The maximum Gasteiger partial charge on any atom is 0.0163 e. The Hall–Kier alpha value is -0.0400. The molecule has 0 radical (unpaired) electrons. The van der Waals surface area contributed by atoms with Gasteiger partial charge in [-0.3, -0.25) is 4.90 Å². The zero-order valence-electron chi connectivity index (χ0n) is 10.1. The van der Waals surface area contributed by atoms with Gasteiger partial charge in [0.25, 0.3) is 0 Å². The van der Waals surface area contributed by atoms with Gasteiger partial charge in [0.1, 0.15) is 0 Å². The van der Waals surface area contributed by atoms with E-state index in [9.17, 15) is 0 Å². The number of nitrogens with zero attached hydrogens (tertiary/aromatic N) is 1. The van der Waals surface area contributed by atoms with E-state index in [0.29, 0.717) is 0 Å². The van der Waals surface area contributed by atoms with E-state index in [2.05, 4.69) is 39.6 Å². The van der Waals surface area contributed by atoms with Gasteiger partial charge >= 0.3 is 0 Å². The quantitative estimate of drug-likeness (QED) is 0.571. The molecule has 3 aliphatic rings. The second-order valence-corrected chi connectivity index (χ2v) is 6.21. The molecule has 0 spiro atoms. The minimum Gasteiger partial charge on any atom is -0.300 e. The van der Waals surface area contributed by atoms with Crippen LogP contribution in [-0.2, 0) is 0 Å². The van der Waals surface area contributed by atoms with E-state index in [-0.39, 0.29) is 0 Å². The molecule has 1 unspecified atom stereocenters. The van der Waals surface area contributed by atoms with Crippen LogP contribution in [0.3, 0.4) is 0 Å². The molecule has 1 heterocycles. The highest BCUT2D eigenvalue weighted by atomic mass is 15.2. The summed E-state index contributed by atoms with van der Waals surface area (Å²) < 4.78 is 0. The van der Waals surface area contributed by atoms with Crippen LogP contribution in [0.4, 0.5) is 0 Å². The fourth-order valence-electron chi connectivity index (χ4n) is 4.91. The van der Waals surface area contributed by atoms with Crippen LogP contribution in [0.1, 0.15) is 27.7 Å². The molecule has 14 heavy (non-hydrogen) atoms. The maximum absolute atomic E-state index is 2.67. The Balaban J connectivity index is 1.87. The molecule has 0 aromatic heterocycles. The van der Waals surface area contributed by atoms with Gasteiger partial charge in [-0.25, -0.2) is 0 Å². The van der Waals surface area contributed by atoms with Crippen LogP contribution in [0.5, 0.6) is 0 Å². The molecular weight excluding hydrogens is 170 g/mol. The first-order valence-electron chi connectivity index (χ1n) is 6.27. The van der Waals surface area contributed by atoms with Gasteiger partial charge in [0.2, 0.25) is 0 Å². The third-order valence-corrected chi connectivity index (χ3v) is 6.20. The number of hydrogen-bond donors (Lipinski definition) is 0. The molecule has 1 nitrogen and oxygen atoms in total. The Morgan fingerprint density at radius 3 is 1.86 bits per heavy atom. The lowest BCUT2D eigenvalue weighted by atomic mass is 9.40. The van der Waals surface area contributed by atoms with Crippen molar-refractivity contribution in [2.75, 3.05) is 7.05 Å². The highest BCUT2D eigenvalue weighted by molar-refractivity contribution is 5.18. The first-order valence-corrected chi connectivity index (χ1v) is 6.27. The molecule has 3 rings (SSSR count). The lowest BCUT2D eigenvalue weighted by Gasteiger charge is -2.66. The van der Waals surface area contributed by atoms with E-state index in [1.54, 1.807) is 0 Å². The highest BCUT2D eigenvalue weighted by Gasteiger charge is 2.68. The first-order chi connectivity index (χ1) is 6.55. The summed E-state index contributed by atoms with van der Waals surface area (Å²) in [7, 11) is 2.35. The van der Waals surface area contributed by atoms with Gasteiger partial charge in [-0.05, 0) is 49.5 Å². The summed E-state index contributed by atoms with van der Waals surface area (Å²) >= 11 is 0. The minimum absolute atomic E-state index is 0.815. The van der Waals surface area contributed by atoms with Gasteiger partial charge in [-0.2, -0.15) is 0 Å². The van der Waals surface area contributed by atoms with Crippen LogP contribution in [0.25, 0.3) is 0 Å². The van der Waals surface area contributed by atoms with Crippen molar-refractivity contribution in [2.45, 2.75) is 39.8 Å². The van der Waals surface area contributed by atoms with Crippen LogP contribution in [0, 0.1) is 35.5 Å². The van der Waals surface area contributed by atoms with Crippen LogP contribution in [-0.4, -0.2) is 24.0 Å². The Kier molecular flexibility index (Phi) is 1.68. The normalized spacial score (nSPS) is 66.6. The van der Waals surface area contributed by atoms with Crippen LogP contribution in [0.15, 0.2) is 0 Å². The molecule has 0 aromatic rings. The predicted octanol–water partition coefficient (Wildman–Crippen LogP) is 2.47. The second-order valence-electron chi connectivity index (χ2n) is 6.21. The van der Waals surface area contributed by atoms with Crippen molar-refractivity contribution in [2.24, 2.45) is 35.5 Å². The van der Waals surface area contributed by atoms with Crippen LogP contribution < -0.4 is 0 Å². The average Bonchev–Trinajstić information content (AvgIpc) is 2.29. The molecule has 3 fully saturated rings. The second kappa shape index (κ2) is 2.55. The van der Waals surface area contributed by atoms with Gasteiger partial charge in [-0.15, -0.1) is 0 Å². The van der Waals surface area contributed by atoms with Gasteiger partial charge in [0, 0.05) is 12.1 Å². The molecule has 2 saturated carbocycles. The summed E-state index contributed by atoms with van der Waals surface area (Å²) in [5.74, 6) is 6.08. The van der Waals surface area contributed by atoms with E-state index in [1.807, 2.05) is 0 Å². The largest absolute Gasteiger partial charge is 0.300 e. The van der Waals surface area contributed by atoms with Crippen molar-refractivity contribution >= 4 is 0 Å². The van der Waals surface area contributed by atoms with E-state index < -0.39 is 0 Å². The number of hydrogen-bond acceptors (Lipinski definition) is 1. The fraction of sp³-hybridized carbons (Fsp3) is 1.00. The van der Waals surface area contributed by atoms with Crippen molar-refractivity contribution in [3.63, 3.8) is 0 Å². The SMILES string of the molecule is C[C@@H]1[C@H](C)[C@H]2[C@@H]1C1[C@H]2[C@H](C)[C@H](C)N1C. The summed E-state index contributed by atoms with van der Waals surface area (Å²) in [4.78, 5) is 2.67. The van der Waals surface area contributed by atoms with Gasteiger partial charge in [0.05, 0.1) is 0 Å². The van der Waals surface area contributed by atoms with E-state index >= 15 is 0 Å². The van der Waals surface area contributed by atoms with Gasteiger partial charge in [-0.1, -0.05) is 20.8 Å². The predicted molar refractivity (Wildman–Crippen MR) is 59.0 cm³/mol. The van der Waals surface area contributed by atoms with Crippen molar-refractivity contribution in [1.29, 1.82) is 0 Å². The average molecular weight is 193 g/mol. The Morgan fingerprint density at radius 1 is 0.714 bits per heavy atom. The molecule has 1 heteroatoms. The van der Waals surface area contributed by atoms with Crippen LogP contribution >= 0.6 is 0 Å². The van der Waals surface area contributed by atoms with Crippen LogP contribution in [0.2, 0.25) is 0 Å². The molecule has 8 atom stereocenters. The minimum atomic E-state index is 0.815. The maximum atomic E-state index is 2.67. The molecule has 0 N–H and O–H groups in total. The van der Waals surface area contributed by atoms with Crippen molar-refractivity contribution < 1.29 is 0 Å². The fourth-order valence-corrected chi connectivity index (χ4v) is 4.91. The Bertz CT molecular complexity index is 236. The molecule has 0 amide bonds. The summed E-state index contributed by atoms with van der Waals surface area (Å²) in [5, 5.41) is 0. The summed E-state index contributed by atoms with van der Waals surface area (Å²) in [6.45, 7) is 9.82. The Labute approximate surface area is 87.9 Å². The molecule has 1 saturated heterocycles. The van der Waals surface area contributed by atoms with E-state index in [1.165, 1.54) is 0 Å². The Morgan fingerprint density at radius 2 is 1.21 bits per heavy atom. The molecule has 0 bridgehead atoms. The summed E-state index contributed by atoms with van der Waals surface area (Å²) in [6, 6.07) is 1.76. The lowest BCUT2D eigenvalue weighted by molar-refractivity contribution is -0.180. The molecule has 2 aliphatic carbocycles. The highest BCUT2D eigenvalue weighted by Crippen LogP contribution is 2.67. The molecule has 1 aliphatic heterocycles. The van der Waals surface area contributed by atoms with Gasteiger partial charge < -0.3 is 0 Å². The monoisotopic (exact) mass is 193 g/mol. The van der Waals surface area contributed by atoms with Crippen molar-refractivity contribution in [3.05, 3.63) is 0 Å². The summed E-state index contributed by atoms with van der Waals surface area (Å²) in [6.07, 6.45) is 0. The topological polar surface area (TPSA) is 3.24 Å². The van der Waals surface area contributed by atoms with E-state index in [4.69, 9.17) is 0 Å². The third-order valence-electron chi connectivity index (χ3n) is 6.20. The molecule has 0 aromatic carbocycles.